The largest absolute Gasteiger partial charge is 0.326 e. The molecule has 0 radical (unpaired) electrons. The number of thioether (sulfide) groups is 1. The zero-order valence-electron chi connectivity index (χ0n) is 16.2. The molecule has 2 atom stereocenters. The Morgan fingerprint density at radius 2 is 1.76 bits per heavy atom. The smallest absolute Gasteiger partial charge is 0.271 e. The van der Waals surface area contributed by atoms with Gasteiger partial charge in [0.1, 0.15) is 4.33 Å². The summed E-state index contributed by atoms with van der Waals surface area (Å²) in [7, 11) is 0. The van der Waals surface area contributed by atoms with Crippen LogP contribution in [-0.2, 0) is 9.59 Å². The number of hydrazine groups is 1. The summed E-state index contributed by atoms with van der Waals surface area (Å²) in [6.07, 6.45) is 0. The minimum absolute atomic E-state index is 0.0407. The number of carbonyl (C=O) groups excluding carboxylic acids is 3. The maximum absolute atomic E-state index is 12.9. The van der Waals surface area contributed by atoms with Gasteiger partial charge in [-0.05, 0) is 42.0 Å². The van der Waals surface area contributed by atoms with Gasteiger partial charge in [-0.2, -0.15) is 0 Å². The number of carbonyl (C=O) groups is 3. The van der Waals surface area contributed by atoms with Crippen molar-refractivity contribution in [3.05, 3.63) is 62.6 Å². The summed E-state index contributed by atoms with van der Waals surface area (Å²) in [5.41, 5.74) is 3.39. The van der Waals surface area contributed by atoms with Crippen LogP contribution in [0.2, 0.25) is 15.1 Å². The Hall–Kier alpha value is -1.26. The highest BCUT2D eigenvalue weighted by atomic mass is 35.5. The summed E-state index contributed by atoms with van der Waals surface area (Å²) < 4.78 is -1.12. The Balaban J connectivity index is 1.50. The summed E-state index contributed by atoms with van der Waals surface area (Å²) in [5.74, 6) is -2.62. The van der Waals surface area contributed by atoms with Gasteiger partial charge in [-0.3, -0.25) is 19.8 Å². The van der Waals surface area contributed by atoms with E-state index in [2.05, 4.69) is 10.7 Å². The number of nitrogens with zero attached hydrogens (tertiary/aromatic N) is 1. The van der Waals surface area contributed by atoms with E-state index in [0.717, 1.165) is 16.8 Å². The Kier molecular flexibility index (Phi) is 7.09. The molecular weight excluding hydrogens is 572 g/mol. The first-order valence-corrected chi connectivity index (χ1v) is 12.5. The van der Waals surface area contributed by atoms with E-state index < -0.39 is 28.0 Å². The number of thiocarbonyl (C=S) groups is 1. The van der Waals surface area contributed by atoms with Crippen LogP contribution < -0.4 is 10.7 Å². The van der Waals surface area contributed by atoms with Crippen molar-refractivity contribution < 1.29 is 14.4 Å². The molecule has 2 aromatic rings. The molecule has 2 aliphatic rings. The molecule has 6 nitrogen and oxygen atoms in total. The van der Waals surface area contributed by atoms with E-state index in [-0.39, 0.29) is 32.3 Å². The van der Waals surface area contributed by atoms with Crippen molar-refractivity contribution in [1.29, 1.82) is 0 Å². The molecular formula is C20H12Cl5N3O3S2. The third-order valence-electron chi connectivity index (χ3n) is 5.02. The molecule has 1 saturated carbocycles. The fourth-order valence-electron chi connectivity index (χ4n) is 3.44. The van der Waals surface area contributed by atoms with Gasteiger partial charge < -0.3 is 5.32 Å². The third kappa shape index (κ3) is 5.07. The molecule has 2 aromatic carbocycles. The highest BCUT2D eigenvalue weighted by Gasteiger charge is 2.67. The summed E-state index contributed by atoms with van der Waals surface area (Å²) in [5, 5.41) is 4.61. The fourth-order valence-corrected chi connectivity index (χ4v) is 5.99. The Bertz CT molecular complexity index is 1170. The average Bonchev–Trinajstić information content (AvgIpc) is 3.19. The maximum Gasteiger partial charge on any atom is 0.271 e. The van der Waals surface area contributed by atoms with Crippen LogP contribution in [-0.4, -0.2) is 37.1 Å². The normalized spacial score (nSPS) is 21.2. The Morgan fingerprint density at radius 3 is 2.36 bits per heavy atom. The molecule has 0 spiro atoms. The quantitative estimate of drug-likeness (QED) is 0.350. The summed E-state index contributed by atoms with van der Waals surface area (Å²) >= 11 is 37.2. The molecule has 0 bridgehead atoms. The van der Waals surface area contributed by atoms with Gasteiger partial charge in [0, 0.05) is 21.7 Å². The lowest BCUT2D eigenvalue weighted by atomic mass is 10.1. The molecule has 1 aliphatic carbocycles. The van der Waals surface area contributed by atoms with Crippen LogP contribution >= 0.6 is 82.0 Å². The van der Waals surface area contributed by atoms with Crippen molar-refractivity contribution in [2.45, 2.75) is 10.3 Å². The number of benzene rings is 2. The number of rotatable bonds is 5. The highest BCUT2D eigenvalue weighted by molar-refractivity contribution is 8.23. The average molecular weight is 584 g/mol. The van der Waals surface area contributed by atoms with Crippen LogP contribution in [0.5, 0.6) is 0 Å². The summed E-state index contributed by atoms with van der Waals surface area (Å²) in [6, 6.07) is 9.21. The Morgan fingerprint density at radius 1 is 1.09 bits per heavy atom. The first kappa shape index (κ1) is 24.9. The number of halogens is 5. The van der Waals surface area contributed by atoms with Crippen LogP contribution in [0, 0.1) is 5.92 Å². The van der Waals surface area contributed by atoms with Gasteiger partial charge in [0.25, 0.3) is 11.8 Å². The van der Waals surface area contributed by atoms with E-state index in [1.54, 1.807) is 18.2 Å². The first-order valence-electron chi connectivity index (χ1n) is 9.24. The second kappa shape index (κ2) is 9.41. The maximum atomic E-state index is 12.9. The van der Waals surface area contributed by atoms with Crippen molar-refractivity contribution in [2.24, 2.45) is 5.92 Å². The number of nitrogens with one attached hydrogen (secondary N) is 2. The number of amides is 3. The molecule has 13 heteroatoms. The van der Waals surface area contributed by atoms with Crippen LogP contribution in [0.1, 0.15) is 21.8 Å². The molecule has 1 saturated heterocycles. The van der Waals surface area contributed by atoms with E-state index >= 15 is 0 Å². The monoisotopic (exact) mass is 581 g/mol. The molecule has 1 aliphatic heterocycles. The van der Waals surface area contributed by atoms with Gasteiger partial charge in [0.2, 0.25) is 5.91 Å². The van der Waals surface area contributed by atoms with Crippen LogP contribution in [0.4, 0.5) is 5.69 Å². The minimum atomic E-state index is -1.35. The molecule has 1 heterocycles. The number of alkyl halides is 2. The fraction of sp³-hybridized carbons (Fsp3) is 0.200. The lowest BCUT2D eigenvalue weighted by Crippen LogP contribution is -2.45. The topological polar surface area (TPSA) is 78.5 Å². The second-order valence-corrected chi connectivity index (χ2v) is 11.6. The lowest BCUT2D eigenvalue weighted by Gasteiger charge is -2.17. The van der Waals surface area contributed by atoms with Crippen LogP contribution in [0.25, 0.3) is 0 Å². The van der Waals surface area contributed by atoms with E-state index in [1.807, 2.05) is 0 Å². The second-order valence-electron chi connectivity index (χ2n) is 7.24. The van der Waals surface area contributed by atoms with Crippen molar-refractivity contribution in [2.75, 3.05) is 11.1 Å². The standard InChI is InChI=1S/C20H12Cl5N3O3S2/c21-9-3-8(4-10(22)5-9)15-16(20(15,24)25)18(31)26-11-1-2-13(23)12(6-11)17(30)27-28-14(29)7-33-19(28)32/h1-6,15-16H,7H2,(H,26,31)(H,27,30). The van der Waals surface area contributed by atoms with E-state index in [9.17, 15) is 14.4 Å². The molecule has 172 valence electrons. The van der Waals surface area contributed by atoms with Gasteiger partial charge in [-0.15, -0.1) is 23.2 Å². The number of anilines is 1. The first-order chi connectivity index (χ1) is 15.5. The van der Waals surface area contributed by atoms with Gasteiger partial charge >= 0.3 is 0 Å². The zero-order valence-corrected chi connectivity index (χ0v) is 21.6. The van der Waals surface area contributed by atoms with Crippen molar-refractivity contribution in [1.82, 2.24) is 10.4 Å². The van der Waals surface area contributed by atoms with E-state index in [0.29, 0.717) is 15.6 Å². The molecule has 33 heavy (non-hydrogen) atoms. The minimum Gasteiger partial charge on any atom is -0.326 e. The van der Waals surface area contributed by atoms with Crippen LogP contribution in [0.15, 0.2) is 36.4 Å². The summed E-state index contributed by atoms with van der Waals surface area (Å²) in [4.78, 5) is 37.4. The highest BCUT2D eigenvalue weighted by Crippen LogP contribution is 2.65. The molecule has 2 fully saturated rings. The zero-order chi connectivity index (χ0) is 24.1. The van der Waals surface area contributed by atoms with Crippen molar-refractivity contribution in [3.63, 3.8) is 0 Å². The molecule has 4 rings (SSSR count). The predicted octanol–water partition coefficient (Wildman–Crippen LogP) is 5.68. The SMILES string of the molecule is O=C(NN1C(=O)CSC1=S)c1cc(NC(=O)C2C(c3cc(Cl)cc(Cl)c3)C2(Cl)Cl)ccc1Cl. The van der Waals surface area contributed by atoms with E-state index in [1.165, 1.54) is 18.2 Å². The Labute approximate surface area is 223 Å². The van der Waals surface area contributed by atoms with Crippen molar-refractivity contribution in [3.8, 4) is 0 Å². The molecule has 0 aromatic heterocycles. The predicted molar refractivity (Wildman–Crippen MR) is 137 cm³/mol. The van der Waals surface area contributed by atoms with Gasteiger partial charge in [0.15, 0.2) is 4.32 Å². The summed E-state index contributed by atoms with van der Waals surface area (Å²) in [6.45, 7) is 0. The van der Waals surface area contributed by atoms with Gasteiger partial charge in [-0.25, -0.2) is 5.01 Å². The molecule has 3 amide bonds. The van der Waals surface area contributed by atoms with Gasteiger partial charge in [-0.1, -0.05) is 58.8 Å². The van der Waals surface area contributed by atoms with E-state index in [4.69, 9.17) is 70.2 Å². The number of hydrogen-bond acceptors (Lipinski definition) is 5. The van der Waals surface area contributed by atoms with Crippen LogP contribution in [0.3, 0.4) is 0 Å². The van der Waals surface area contributed by atoms with Crippen molar-refractivity contribution >= 4 is 110 Å². The molecule has 2 N–H and O–H groups in total. The number of hydrogen-bond donors (Lipinski definition) is 2. The van der Waals surface area contributed by atoms with Gasteiger partial charge in [0.05, 0.1) is 22.3 Å². The lowest BCUT2D eigenvalue weighted by molar-refractivity contribution is -0.125. The molecule has 2 unspecified atom stereocenters. The third-order valence-corrected chi connectivity index (χ3v) is 8.09.